The van der Waals surface area contributed by atoms with Crippen LogP contribution in [0.5, 0.6) is 5.75 Å². The summed E-state index contributed by atoms with van der Waals surface area (Å²) in [5.41, 5.74) is 2.12. The maximum absolute atomic E-state index is 11.8. The number of carbonyl (C=O) groups is 1. The Balaban J connectivity index is 2.18. The highest BCUT2D eigenvalue weighted by molar-refractivity contribution is 5.93. The number of aromatic amines is 1. The smallest absolute Gasteiger partial charge is 0.269 e. The molecule has 0 bridgehead atoms. The summed E-state index contributed by atoms with van der Waals surface area (Å²) in [7, 11) is 1.62. The number of hydrogen-bond donors (Lipinski definition) is 2. The second-order valence-electron chi connectivity index (χ2n) is 4.52. The molecule has 0 aliphatic heterocycles. The Bertz CT molecular complexity index is 558. The van der Waals surface area contributed by atoms with Crippen molar-refractivity contribution in [2.45, 2.75) is 19.9 Å². The second-order valence-corrected chi connectivity index (χ2v) is 4.52. The van der Waals surface area contributed by atoms with Gasteiger partial charge in [0.1, 0.15) is 11.4 Å². The second kappa shape index (κ2) is 5.56. The first kappa shape index (κ1) is 13.1. The van der Waals surface area contributed by atoms with Gasteiger partial charge in [0.2, 0.25) is 0 Å². The van der Waals surface area contributed by atoms with Crippen LogP contribution < -0.4 is 10.1 Å². The third kappa shape index (κ3) is 3.13. The molecule has 5 nitrogen and oxygen atoms in total. The first-order chi connectivity index (χ1) is 9.10. The van der Waals surface area contributed by atoms with Gasteiger partial charge in [-0.2, -0.15) is 5.10 Å². The zero-order valence-corrected chi connectivity index (χ0v) is 11.2. The summed E-state index contributed by atoms with van der Waals surface area (Å²) in [6.45, 7) is 3.83. The van der Waals surface area contributed by atoms with E-state index in [2.05, 4.69) is 15.5 Å². The molecule has 1 aromatic heterocycles. The van der Waals surface area contributed by atoms with Gasteiger partial charge >= 0.3 is 0 Å². The molecule has 1 aromatic carbocycles. The summed E-state index contributed by atoms with van der Waals surface area (Å²) in [5, 5.41) is 9.70. The van der Waals surface area contributed by atoms with Crippen molar-refractivity contribution in [3.05, 3.63) is 36.0 Å². The SMILES string of the molecule is COc1ccc(-c2cc(C(=O)NC(C)C)[nH]n2)cc1. The number of H-pyrrole nitrogens is 1. The highest BCUT2D eigenvalue weighted by Crippen LogP contribution is 2.21. The molecule has 0 saturated heterocycles. The molecular formula is C14H17N3O2. The van der Waals surface area contributed by atoms with Crippen LogP contribution in [0.2, 0.25) is 0 Å². The van der Waals surface area contributed by atoms with Gasteiger partial charge in [-0.05, 0) is 44.2 Å². The molecule has 0 aliphatic rings. The standard InChI is InChI=1S/C14H17N3O2/c1-9(2)15-14(18)13-8-12(16-17-13)10-4-6-11(19-3)7-5-10/h4-9H,1-3H3,(H,15,18)(H,16,17). The van der Waals surface area contributed by atoms with Crippen LogP contribution in [0.25, 0.3) is 11.3 Å². The lowest BCUT2D eigenvalue weighted by Crippen LogP contribution is -2.30. The molecule has 19 heavy (non-hydrogen) atoms. The Hall–Kier alpha value is -2.30. The maximum atomic E-state index is 11.8. The van der Waals surface area contributed by atoms with Gasteiger partial charge in [-0.15, -0.1) is 0 Å². The van der Waals surface area contributed by atoms with E-state index in [1.807, 2.05) is 38.1 Å². The molecule has 0 spiro atoms. The Kier molecular flexibility index (Phi) is 3.85. The van der Waals surface area contributed by atoms with Gasteiger partial charge in [-0.25, -0.2) is 0 Å². The summed E-state index contributed by atoms with van der Waals surface area (Å²) in [4.78, 5) is 11.8. The molecule has 1 heterocycles. The van der Waals surface area contributed by atoms with Gasteiger partial charge in [0.25, 0.3) is 5.91 Å². The van der Waals surface area contributed by atoms with E-state index in [4.69, 9.17) is 4.74 Å². The topological polar surface area (TPSA) is 67.0 Å². The minimum atomic E-state index is -0.151. The van der Waals surface area contributed by atoms with Crippen molar-refractivity contribution < 1.29 is 9.53 Å². The number of benzene rings is 1. The third-order valence-electron chi connectivity index (χ3n) is 2.63. The maximum Gasteiger partial charge on any atom is 0.269 e. The minimum absolute atomic E-state index is 0.0974. The van der Waals surface area contributed by atoms with Gasteiger partial charge in [0.15, 0.2) is 0 Å². The Morgan fingerprint density at radius 1 is 1.32 bits per heavy atom. The molecular weight excluding hydrogens is 242 g/mol. The monoisotopic (exact) mass is 259 g/mol. The van der Waals surface area contributed by atoms with E-state index >= 15 is 0 Å². The highest BCUT2D eigenvalue weighted by atomic mass is 16.5. The van der Waals surface area contributed by atoms with E-state index in [-0.39, 0.29) is 11.9 Å². The minimum Gasteiger partial charge on any atom is -0.497 e. The fourth-order valence-electron chi connectivity index (χ4n) is 1.69. The van der Waals surface area contributed by atoms with Crippen LogP contribution in [0, 0.1) is 0 Å². The number of nitrogens with zero attached hydrogens (tertiary/aromatic N) is 1. The van der Waals surface area contributed by atoms with Gasteiger partial charge in [-0.1, -0.05) is 0 Å². The zero-order chi connectivity index (χ0) is 13.8. The molecule has 2 rings (SSSR count). The number of hydrogen-bond acceptors (Lipinski definition) is 3. The number of rotatable bonds is 4. The van der Waals surface area contributed by atoms with Gasteiger partial charge in [-0.3, -0.25) is 9.89 Å². The lowest BCUT2D eigenvalue weighted by atomic mass is 10.1. The molecule has 2 N–H and O–H groups in total. The van der Waals surface area contributed by atoms with Crippen molar-refractivity contribution in [1.82, 2.24) is 15.5 Å². The lowest BCUT2D eigenvalue weighted by Gasteiger charge is -2.05. The van der Waals surface area contributed by atoms with Crippen LogP contribution in [0.15, 0.2) is 30.3 Å². The van der Waals surface area contributed by atoms with E-state index in [1.54, 1.807) is 13.2 Å². The predicted octanol–water partition coefficient (Wildman–Crippen LogP) is 2.22. The molecule has 5 heteroatoms. The molecule has 0 atom stereocenters. The first-order valence-electron chi connectivity index (χ1n) is 6.11. The number of carbonyl (C=O) groups excluding carboxylic acids is 1. The van der Waals surface area contributed by atoms with E-state index < -0.39 is 0 Å². The average molecular weight is 259 g/mol. The van der Waals surface area contributed by atoms with Crippen LogP contribution in [0.4, 0.5) is 0 Å². The molecule has 0 unspecified atom stereocenters. The van der Waals surface area contributed by atoms with Gasteiger partial charge in [0, 0.05) is 11.6 Å². The molecule has 0 radical (unpaired) electrons. The average Bonchev–Trinajstić information content (AvgIpc) is 2.88. The van der Waals surface area contributed by atoms with Crippen molar-refractivity contribution in [3.63, 3.8) is 0 Å². The molecule has 100 valence electrons. The summed E-state index contributed by atoms with van der Waals surface area (Å²) in [5.74, 6) is 0.638. The Morgan fingerprint density at radius 3 is 2.58 bits per heavy atom. The summed E-state index contributed by atoms with van der Waals surface area (Å²) in [6.07, 6.45) is 0. The van der Waals surface area contributed by atoms with Crippen LogP contribution in [-0.2, 0) is 0 Å². The number of amides is 1. The van der Waals surface area contributed by atoms with E-state index in [1.165, 1.54) is 0 Å². The van der Waals surface area contributed by atoms with Crippen LogP contribution in [0.3, 0.4) is 0 Å². The van der Waals surface area contributed by atoms with Crippen LogP contribution >= 0.6 is 0 Å². The van der Waals surface area contributed by atoms with Crippen molar-refractivity contribution in [1.29, 1.82) is 0 Å². The first-order valence-corrected chi connectivity index (χ1v) is 6.11. The third-order valence-corrected chi connectivity index (χ3v) is 2.63. The molecule has 0 aliphatic carbocycles. The van der Waals surface area contributed by atoms with E-state index in [9.17, 15) is 4.79 Å². The van der Waals surface area contributed by atoms with Crippen molar-refractivity contribution in [2.75, 3.05) is 7.11 Å². The van der Waals surface area contributed by atoms with Crippen molar-refractivity contribution in [3.8, 4) is 17.0 Å². The van der Waals surface area contributed by atoms with Crippen molar-refractivity contribution in [2.24, 2.45) is 0 Å². The van der Waals surface area contributed by atoms with Crippen LogP contribution in [0.1, 0.15) is 24.3 Å². The van der Waals surface area contributed by atoms with Crippen LogP contribution in [-0.4, -0.2) is 29.3 Å². The molecule has 0 fully saturated rings. The molecule has 2 aromatic rings. The fourth-order valence-corrected chi connectivity index (χ4v) is 1.69. The number of ether oxygens (including phenoxy) is 1. The number of methoxy groups -OCH3 is 1. The number of nitrogens with one attached hydrogen (secondary N) is 2. The van der Waals surface area contributed by atoms with Crippen molar-refractivity contribution >= 4 is 5.91 Å². The van der Waals surface area contributed by atoms with Gasteiger partial charge < -0.3 is 10.1 Å². The largest absolute Gasteiger partial charge is 0.497 e. The summed E-state index contributed by atoms with van der Waals surface area (Å²) in [6, 6.07) is 9.35. The number of aromatic nitrogens is 2. The van der Waals surface area contributed by atoms with E-state index in [0.717, 1.165) is 17.0 Å². The predicted molar refractivity (Wildman–Crippen MR) is 73.2 cm³/mol. The quantitative estimate of drug-likeness (QED) is 0.884. The van der Waals surface area contributed by atoms with Gasteiger partial charge in [0.05, 0.1) is 12.8 Å². The zero-order valence-electron chi connectivity index (χ0n) is 11.2. The van der Waals surface area contributed by atoms with E-state index in [0.29, 0.717) is 5.69 Å². The lowest BCUT2D eigenvalue weighted by molar-refractivity contribution is 0.0938. The Morgan fingerprint density at radius 2 is 2.00 bits per heavy atom. The molecule has 1 amide bonds. The summed E-state index contributed by atoms with van der Waals surface area (Å²) >= 11 is 0. The Labute approximate surface area is 112 Å². The molecule has 0 saturated carbocycles. The fraction of sp³-hybridized carbons (Fsp3) is 0.286. The normalized spacial score (nSPS) is 10.5. The highest BCUT2D eigenvalue weighted by Gasteiger charge is 2.11. The summed E-state index contributed by atoms with van der Waals surface area (Å²) < 4.78 is 5.10.